The summed E-state index contributed by atoms with van der Waals surface area (Å²) in [6, 6.07) is 9.04. The Morgan fingerprint density at radius 2 is 2.14 bits per heavy atom. The third-order valence-electron chi connectivity index (χ3n) is 3.11. The number of benzene rings is 1. The molecule has 1 aromatic carbocycles. The molecule has 0 aliphatic rings. The maximum atomic E-state index is 11.7. The second-order valence-corrected chi connectivity index (χ2v) is 4.85. The van der Waals surface area contributed by atoms with Gasteiger partial charge in [-0.15, -0.1) is 0 Å². The van der Waals surface area contributed by atoms with Crippen LogP contribution in [-0.2, 0) is 11.2 Å². The van der Waals surface area contributed by atoms with Crippen LogP contribution in [0.1, 0.15) is 25.3 Å². The van der Waals surface area contributed by atoms with Crippen LogP contribution >= 0.6 is 0 Å². The van der Waals surface area contributed by atoms with E-state index in [0.717, 1.165) is 12.0 Å². The summed E-state index contributed by atoms with van der Waals surface area (Å²) >= 11 is 0. The lowest BCUT2D eigenvalue weighted by Crippen LogP contribution is -2.16. The van der Waals surface area contributed by atoms with Gasteiger partial charge in [-0.05, 0) is 31.0 Å². The van der Waals surface area contributed by atoms with Crippen molar-refractivity contribution in [3.63, 3.8) is 0 Å². The van der Waals surface area contributed by atoms with Gasteiger partial charge in [-0.3, -0.25) is 9.59 Å². The number of aromatic nitrogens is 2. The minimum atomic E-state index is -0.940. The minimum Gasteiger partial charge on any atom is -0.493 e. The molecule has 0 amide bonds. The lowest BCUT2D eigenvalue weighted by molar-refractivity contribution is -0.136. The SMILES string of the molecule is CCCOc1ccccc1-c1cc(CCC(=O)O)c(=O)[nH]n1. The van der Waals surface area contributed by atoms with Crippen LogP contribution in [0.25, 0.3) is 11.3 Å². The third kappa shape index (κ3) is 3.94. The molecule has 2 rings (SSSR count). The number of ether oxygens (including phenoxy) is 1. The van der Waals surface area contributed by atoms with Gasteiger partial charge in [0.1, 0.15) is 5.75 Å². The molecule has 1 aromatic heterocycles. The number of carbonyl (C=O) groups is 1. The number of nitrogens with zero attached hydrogens (tertiary/aromatic N) is 1. The fourth-order valence-corrected chi connectivity index (χ4v) is 2.03. The maximum absolute atomic E-state index is 11.7. The van der Waals surface area contributed by atoms with E-state index in [1.54, 1.807) is 6.07 Å². The highest BCUT2D eigenvalue weighted by molar-refractivity contribution is 5.68. The van der Waals surface area contributed by atoms with Gasteiger partial charge in [0, 0.05) is 17.5 Å². The molecule has 1 heterocycles. The summed E-state index contributed by atoms with van der Waals surface area (Å²) in [5, 5.41) is 15.2. The molecule has 0 saturated heterocycles. The number of aliphatic carboxylic acids is 1. The number of hydrogen-bond acceptors (Lipinski definition) is 4. The number of rotatable bonds is 7. The normalized spacial score (nSPS) is 10.4. The molecule has 0 atom stereocenters. The number of H-pyrrole nitrogens is 1. The van der Waals surface area contributed by atoms with Crippen molar-refractivity contribution in [1.29, 1.82) is 0 Å². The quantitative estimate of drug-likeness (QED) is 0.818. The Balaban J connectivity index is 2.34. The van der Waals surface area contributed by atoms with Crippen molar-refractivity contribution >= 4 is 5.97 Å². The molecule has 6 nitrogen and oxygen atoms in total. The van der Waals surface area contributed by atoms with Gasteiger partial charge in [0.05, 0.1) is 12.3 Å². The van der Waals surface area contributed by atoms with Gasteiger partial charge in [-0.2, -0.15) is 5.10 Å². The van der Waals surface area contributed by atoms with Crippen molar-refractivity contribution in [3.8, 4) is 17.0 Å². The number of aryl methyl sites for hydroxylation is 1. The monoisotopic (exact) mass is 302 g/mol. The van der Waals surface area contributed by atoms with Crippen molar-refractivity contribution in [2.24, 2.45) is 0 Å². The Kier molecular flexibility index (Phi) is 5.30. The summed E-state index contributed by atoms with van der Waals surface area (Å²) in [7, 11) is 0. The van der Waals surface area contributed by atoms with E-state index >= 15 is 0 Å². The predicted octanol–water partition coefficient (Wildman–Crippen LogP) is 2.24. The zero-order valence-electron chi connectivity index (χ0n) is 12.3. The van der Waals surface area contributed by atoms with Gasteiger partial charge >= 0.3 is 5.97 Å². The minimum absolute atomic E-state index is 0.0967. The standard InChI is InChI=1S/C16H18N2O4/c1-2-9-22-14-6-4-3-5-12(14)13-10-11(7-8-15(19)20)16(21)18-17-13/h3-6,10H,2,7-9H2,1H3,(H,18,21)(H,19,20). The first kappa shape index (κ1) is 15.8. The van der Waals surface area contributed by atoms with Crippen LogP contribution in [-0.4, -0.2) is 27.9 Å². The van der Waals surface area contributed by atoms with Crippen LogP contribution in [0.4, 0.5) is 0 Å². The van der Waals surface area contributed by atoms with Crippen LogP contribution in [0, 0.1) is 0 Å². The molecule has 2 aromatic rings. The second-order valence-electron chi connectivity index (χ2n) is 4.85. The summed E-state index contributed by atoms with van der Waals surface area (Å²) in [5.74, 6) is -0.252. The summed E-state index contributed by atoms with van der Waals surface area (Å²) in [5.41, 5.74) is 1.37. The van der Waals surface area contributed by atoms with E-state index in [-0.39, 0.29) is 18.4 Å². The number of hydrogen-bond donors (Lipinski definition) is 2. The van der Waals surface area contributed by atoms with Crippen LogP contribution < -0.4 is 10.3 Å². The van der Waals surface area contributed by atoms with Gasteiger partial charge in [0.2, 0.25) is 0 Å². The number of para-hydroxylation sites is 1. The smallest absolute Gasteiger partial charge is 0.303 e. The zero-order valence-corrected chi connectivity index (χ0v) is 12.3. The first-order chi connectivity index (χ1) is 10.6. The summed E-state index contributed by atoms with van der Waals surface area (Å²) in [6.45, 7) is 2.61. The topological polar surface area (TPSA) is 92.3 Å². The molecular weight excluding hydrogens is 284 g/mol. The fraction of sp³-hybridized carbons (Fsp3) is 0.312. The number of aromatic amines is 1. The molecule has 0 aliphatic heterocycles. The lowest BCUT2D eigenvalue weighted by atomic mass is 10.1. The highest BCUT2D eigenvalue weighted by atomic mass is 16.5. The highest BCUT2D eigenvalue weighted by Crippen LogP contribution is 2.28. The van der Waals surface area contributed by atoms with Crippen LogP contribution in [0.2, 0.25) is 0 Å². The maximum Gasteiger partial charge on any atom is 0.303 e. The molecule has 0 aliphatic carbocycles. The second kappa shape index (κ2) is 7.40. The van der Waals surface area contributed by atoms with Crippen molar-refractivity contribution < 1.29 is 14.6 Å². The molecule has 6 heteroatoms. The van der Waals surface area contributed by atoms with E-state index in [2.05, 4.69) is 10.2 Å². The molecular formula is C16H18N2O4. The third-order valence-corrected chi connectivity index (χ3v) is 3.11. The predicted molar refractivity (Wildman–Crippen MR) is 82.0 cm³/mol. The van der Waals surface area contributed by atoms with Crippen molar-refractivity contribution in [3.05, 3.63) is 46.2 Å². The Labute approximate surface area is 127 Å². The average molecular weight is 302 g/mol. The lowest BCUT2D eigenvalue weighted by Gasteiger charge is -2.10. The van der Waals surface area contributed by atoms with E-state index < -0.39 is 5.97 Å². The average Bonchev–Trinajstić information content (AvgIpc) is 2.52. The van der Waals surface area contributed by atoms with E-state index in [1.807, 2.05) is 31.2 Å². The first-order valence-electron chi connectivity index (χ1n) is 7.14. The Bertz CT molecular complexity index is 709. The molecule has 22 heavy (non-hydrogen) atoms. The molecule has 116 valence electrons. The molecule has 0 fully saturated rings. The first-order valence-corrected chi connectivity index (χ1v) is 7.14. The summed E-state index contributed by atoms with van der Waals surface area (Å²) < 4.78 is 5.68. The molecule has 0 unspecified atom stereocenters. The number of carboxylic acids is 1. The molecule has 0 saturated carbocycles. The van der Waals surface area contributed by atoms with Gasteiger partial charge in [-0.1, -0.05) is 19.1 Å². The van der Waals surface area contributed by atoms with Gasteiger partial charge < -0.3 is 9.84 Å². The number of carboxylic acid groups (broad SMARTS) is 1. The molecule has 0 bridgehead atoms. The van der Waals surface area contributed by atoms with Crippen molar-refractivity contribution in [2.45, 2.75) is 26.2 Å². The largest absolute Gasteiger partial charge is 0.493 e. The van der Waals surface area contributed by atoms with Crippen molar-refractivity contribution in [2.75, 3.05) is 6.61 Å². The number of nitrogens with one attached hydrogen (secondary N) is 1. The van der Waals surface area contributed by atoms with Gasteiger partial charge in [0.25, 0.3) is 5.56 Å². The van der Waals surface area contributed by atoms with Crippen molar-refractivity contribution in [1.82, 2.24) is 10.2 Å². The fourth-order valence-electron chi connectivity index (χ4n) is 2.03. The van der Waals surface area contributed by atoms with E-state index in [1.165, 1.54) is 0 Å². The molecule has 0 radical (unpaired) electrons. The summed E-state index contributed by atoms with van der Waals surface area (Å²) in [4.78, 5) is 22.4. The van der Waals surface area contributed by atoms with Crippen LogP contribution in [0.5, 0.6) is 5.75 Å². The Morgan fingerprint density at radius 3 is 2.86 bits per heavy atom. The van der Waals surface area contributed by atoms with E-state index in [9.17, 15) is 9.59 Å². The molecule has 0 spiro atoms. The van der Waals surface area contributed by atoms with E-state index in [0.29, 0.717) is 23.6 Å². The van der Waals surface area contributed by atoms with Crippen LogP contribution in [0.15, 0.2) is 35.1 Å². The highest BCUT2D eigenvalue weighted by Gasteiger charge is 2.11. The van der Waals surface area contributed by atoms with Crippen LogP contribution in [0.3, 0.4) is 0 Å². The Morgan fingerprint density at radius 1 is 1.36 bits per heavy atom. The zero-order chi connectivity index (χ0) is 15.9. The Hall–Kier alpha value is -2.63. The van der Waals surface area contributed by atoms with E-state index in [4.69, 9.17) is 9.84 Å². The van der Waals surface area contributed by atoms with Gasteiger partial charge in [0.15, 0.2) is 0 Å². The summed E-state index contributed by atoms with van der Waals surface area (Å²) in [6.07, 6.45) is 0.954. The molecule has 2 N–H and O–H groups in total. The van der Waals surface area contributed by atoms with Gasteiger partial charge in [-0.25, -0.2) is 5.10 Å².